The van der Waals surface area contributed by atoms with Crippen molar-refractivity contribution >= 4 is 17.4 Å². The minimum Gasteiger partial charge on any atom is -0.368 e. The lowest BCUT2D eigenvalue weighted by atomic mass is 10.4. The fourth-order valence-electron chi connectivity index (χ4n) is 0.878. The quantitative estimate of drug-likeness (QED) is 0.596. The fourth-order valence-corrected chi connectivity index (χ4v) is 1.02. The number of anilines is 1. The highest BCUT2D eigenvalue weighted by molar-refractivity contribution is 6.29. The Kier molecular flexibility index (Phi) is 4.26. The van der Waals surface area contributed by atoms with Crippen molar-refractivity contribution in [1.82, 2.24) is 9.97 Å². The van der Waals surface area contributed by atoms with Crippen molar-refractivity contribution in [1.29, 1.82) is 0 Å². The first-order valence-electron chi connectivity index (χ1n) is 4.15. The van der Waals surface area contributed by atoms with Crippen LogP contribution in [0.4, 0.5) is 5.82 Å². The minimum atomic E-state index is 0.413. The molecular formula is C9H12ClN3. The van der Waals surface area contributed by atoms with Gasteiger partial charge in [0.25, 0.3) is 0 Å². The number of halogens is 1. The maximum Gasteiger partial charge on any atom is 0.149 e. The summed E-state index contributed by atoms with van der Waals surface area (Å²) in [7, 11) is 0. The van der Waals surface area contributed by atoms with E-state index in [1.807, 2.05) is 13.0 Å². The van der Waals surface area contributed by atoms with Crippen LogP contribution in [0.1, 0.15) is 13.3 Å². The molecule has 1 aromatic heterocycles. The average Bonchev–Trinajstić information content (AvgIpc) is 2.13. The SMILES string of the molecule is C/C=C/CCNc1cncc(Cl)n1. The van der Waals surface area contributed by atoms with Crippen molar-refractivity contribution in [2.45, 2.75) is 13.3 Å². The van der Waals surface area contributed by atoms with Gasteiger partial charge in [0.2, 0.25) is 0 Å². The van der Waals surface area contributed by atoms with E-state index in [1.165, 1.54) is 6.20 Å². The molecule has 0 unspecified atom stereocenters. The Hall–Kier alpha value is -1.09. The Morgan fingerprint density at radius 1 is 1.54 bits per heavy atom. The Balaban J connectivity index is 2.36. The van der Waals surface area contributed by atoms with Crippen LogP contribution in [0.3, 0.4) is 0 Å². The summed E-state index contributed by atoms with van der Waals surface area (Å²) >= 11 is 5.66. The van der Waals surface area contributed by atoms with Crippen LogP contribution in [0.5, 0.6) is 0 Å². The molecule has 0 atom stereocenters. The number of nitrogens with one attached hydrogen (secondary N) is 1. The van der Waals surface area contributed by atoms with Crippen molar-refractivity contribution in [3.05, 3.63) is 29.7 Å². The third-order valence-corrected chi connectivity index (χ3v) is 1.64. The van der Waals surface area contributed by atoms with Gasteiger partial charge < -0.3 is 5.32 Å². The van der Waals surface area contributed by atoms with Gasteiger partial charge in [0.15, 0.2) is 0 Å². The maximum absolute atomic E-state index is 5.66. The van der Waals surface area contributed by atoms with E-state index in [0.29, 0.717) is 5.15 Å². The molecule has 1 aromatic rings. The third-order valence-electron chi connectivity index (χ3n) is 1.46. The highest BCUT2D eigenvalue weighted by atomic mass is 35.5. The van der Waals surface area contributed by atoms with Gasteiger partial charge in [-0.1, -0.05) is 23.8 Å². The standard InChI is InChI=1S/C9H12ClN3/c1-2-3-4-5-12-9-7-11-6-8(10)13-9/h2-3,6-7H,4-5H2,1H3,(H,12,13)/b3-2+. The van der Waals surface area contributed by atoms with Crippen LogP contribution in [0.15, 0.2) is 24.5 Å². The molecule has 4 heteroatoms. The van der Waals surface area contributed by atoms with Crippen molar-refractivity contribution in [3.8, 4) is 0 Å². The van der Waals surface area contributed by atoms with Crippen molar-refractivity contribution < 1.29 is 0 Å². The Labute approximate surface area is 82.9 Å². The van der Waals surface area contributed by atoms with E-state index in [-0.39, 0.29) is 0 Å². The molecule has 1 heterocycles. The molecule has 0 spiro atoms. The van der Waals surface area contributed by atoms with Gasteiger partial charge in [-0.15, -0.1) is 0 Å². The predicted molar refractivity (Wildman–Crippen MR) is 55.0 cm³/mol. The number of hydrogen-bond donors (Lipinski definition) is 1. The summed E-state index contributed by atoms with van der Waals surface area (Å²) in [5.41, 5.74) is 0. The second-order valence-electron chi connectivity index (χ2n) is 2.51. The van der Waals surface area contributed by atoms with E-state index >= 15 is 0 Å². The monoisotopic (exact) mass is 197 g/mol. The highest BCUT2D eigenvalue weighted by Crippen LogP contribution is 2.06. The van der Waals surface area contributed by atoms with Gasteiger partial charge >= 0.3 is 0 Å². The molecule has 70 valence electrons. The second kappa shape index (κ2) is 5.54. The van der Waals surface area contributed by atoms with Crippen molar-refractivity contribution in [2.75, 3.05) is 11.9 Å². The van der Waals surface area contributed by atoms with Gasteiger partial charge in [-0.2, -0.15) is 0 Å². The van der Waals surface area contributed by atoms with E-state index in [1.54, 1.807) is 6.20 Å². The smallest absolute Gasteiger partial charge is 0.149 e. The van der Waals surface area contributed by atoms with Crippen LogP contribution < -0.4 is 5.32 Å². The topological polar surface area (TPSA) is 37.8 Å². The van der Waals surface area contributed by atoms with Crippen LogP contribution in [-0.2, 0) is 0 Å². The van der Waals surface area contributed by atoms with Gasteiger partial charge in [0.1, 0.15) is 11.0 Å². The number of allylic oxidation sites excluding steroid dienone is 1. The van der Waals surface area contributed by atoms with Crippen LogP contribution in [0.2, 0.25) is 5.15 Å². The Morgan fingerprint density at radius 3 is 3.08 bits per heavy atom. The molecule has 0 bridgehead atoms. The molecule has 1 rings (SSSR count). The zero-order valence-electron chi connectivity index (χ0n) is 7.50. The average molecular weight is 198 g/mol. The van der Waals surface area contributed by atoms with Gasteiger partial charge in [-0.25, -0.2) is 4.98 Å². The zero-order chi connectivity index (χ0) is 9.52. The highest BCUT2D eigenvalue weighted by Gasteiger charge is 1.93. The fraction of sp³-hybridized carbons (Fsp3) is 0.333. The Bertz CT molecular complexity index is 286. The van der Waals surface area contributed by atoms with Crippen LogP contribution in [-0.4, -0.2) is 16.5 Å². The van der Waals surface area contributed by atoms with Crippen LogP contribution in [0.25, 0.3) is 0 Å². The van der Waals surface area contributed by atoms with Gasteiger partial charge in [0, 0.05) is 6.54 Å². The molecule has 0 aliphatic rings. The van der Waals surface area contributed by atoms with E-state index in [2.05, 4.69) is 21.4 Å². The summed E-state index contributed by atoms with van der Waals surface area (Å²) < 4.78 is 0. The molecule has 0 aliphatic carbocycles. The second-order valence-corrected chi connectivity index (χ2v) is 2.90. The Morgan fingerprint density at radius 2 is 2.38 bits per heavy atom. The van der Waals surface area contributed by atoms with E-state index in [4.69, 9.17) is 11.6 Å². The lowest BCUT2D eigenvalue weighted by Gasteiger charge is -2.02. The molecule has 0 amide bonds. The lowest BCUT2D eigenvalue weighted by Crippen LogP contribution is -2.02. The van der Waals surface area contributed by atoms with Crippen molar-refractivity contribution in [2.24, 2.45) is 0 Å². The van der Waals surface area contributed by atoms with Crippen LogP contribution in [0, 0.1) is 0 Å². The molecule has 0 saturated carbocycles. The molecule has 0 fully saturated rings. The number of hydrogen-bond acceptors (Lipinski definition) is 3. The molecule has 0 aliphatic heterocycles. The number of nitrogens with zero attached hydrogens (tertiary/aromatic N) is 2. The molecular weight excluding hydrogens is 186 g/mol. The molecule has 1 N–H and O–H groups in total. The molecule has 0 aromatic carbocycles. The van der Waals surface area contributed by atoms with Crippen LogP contribution >= 0.6 is 11.6 Å². The summed E-state index contributed by atoms with van der Waals surface area (Å²) in [5, 5.41) is 3.52. The molecule has 13 heavy (non-hydrogen) atoms. The van der Waals surface area contributed by atoms with Gasteiger partial charge in [0.05, 0.1) is 12.4 Å². The first kappa shape index (κ1) is 9.99. The summed E-state index contributed by atoms with van der Waals surface area (Å²) in [6, 6.07) is 0. The molecule has 0 saturated heterocycles. The summed E-state index contributed by atoms with van der Waals surface area (Å²) in [5.74, 6) is 0.719. The molecule has 0 radical (unpaired) electrons. The largest absolute Gasteiger partial charge is 0.368 e. The number of rotatable bonds is 4. The maximum atomic E-state index is 5.66. The lowest BCUT2D eigenvalue weighted by molar-refractivity contribution is 1.03. The molecule has 3 nitrogen and oxygen atoms in total. The first-order chi connectivity index (χ1) is 6.33. The normalized spacial score (nSPS) is 10.6. The van der Waals surface area contributed by atoms with E-state index in [0.717, 1.165) is 18.8 Å². The summed E-state index contributed by atoms with van der Waals surface area (Å²) in [4.78, 5) is 7.95. The summed E-state index contributed by atoms with van der Waals surface area (Å²) in [6.45, 7) is 2.85. The first-order valence-corrected chi connectivity index (χ1v) is 4.53. The third kappa shape index (κ3) is 3.90. The van der Waals surface area contributed by atoms with Crippen molar-refractivity contribution in [3.63, 3.8) is 0 Å². The summed E-state index contributed by atoms with van der Waals surface area (Å²) in [6.07, 6.45) is 8.25. The number of aromatic nitrogens is 2. The zero-order valence-corrected chi connectivity index (χ0v) is 8.25. The van der Waals surface area contributed by atoms with E-state index in [9.17, 15) is 0 Å². The van der Waals surface area contributed by atoms with Gasteiger partial charge in [-0.05, 0) is 13.3 Å². The van der Waals surface area contributed by atoms with Gasteiger partial charge in [-0.3, -0.25) is 4.98 Å². The van der Waals surface area contributed by atoms with E-state index < -0.39 is 0 Å². The predicted octanol–water partition coefficient (Wildman–Crippen LogP) is 2.51. The minimum absolute atomic E-state index is 0.413.